The molecule has 1 atom stereocenters. The van der Waals surface area contributed by atoms with Crippen LogP contribution in [0.1, 0.15) is 28.9 Å². The molecule has 1 aromatic carbocycles. The molecule has 2 aromatic rings. The Bertz CT molecular complexity index is 969. The van der Waals surface area contributed by atoms with Crippen molar-refractivity contribution in [3.63, 3.8) is 0 Å². The van der Waals surface area contributed by atoms with Crippen molar-refractivity contribution in [1.82, 2.24) is 9.71 Å². The van der Waals surface area contributed by atoms with Crippen molar-refractivity contribution in [3.05, 3.63) is 83.2 Å². The lowest BCUT2D eigenvalue weighted by molar-refractivity contribution is 0.460. The molecule has 0 bridgehead atoms. The lowest BCUT2D eigenvalue weighted by atomic mass is 9.88. The van der Waals surface area contributed by atoms with Gasteiger partial charge < -0.3 is 4.98 Å². The Balaban J connectivity index is 1.82. The molecule has 1 aliphatic carbocycles. The maximum Gasteiger partial charge on any atom is 0.209 e. The minimum atomic E-state index is -3.33. The van der Waals surface area contributed by atoms with Gasteiger partial charge in [0.1, 0.15) is 0 Å². The Kier molecular flexibility index (Phi) is 5.27. The van der Waals surface area contributed by atoms with Gasteiger partial charge in [-0.2, -0.15) is 0 Å². The molecule has 136 valence electrons. The highest BCUT2D eigenvalue weighted by Crippen LogP contribution is 2.24. The van der Waals surface area contributed by atoms with Crippen molar-refractivity contribution in [2.75, 3.05) is 6.26 Å². The molecule has 4 nitrogen and oxygen atoms in total. The number of hydrogen-bond acceptors (Lipinski definition) is 3. The number of sulfonamides is 1. The monoisotopic (exact) mass is 386 g/mol. The summed E-state index contributed by atoms with van der Waals surface area (Å²) in [5, 5.41) is 0. The van der Waals surface area contributed by atoms with E-state index < -0.39 is 15.6 Å². The summed E-state index contributed by atoms with van der Waals surface area (Å²) >= 11 is 5.60. The number of nitrogens with one attached hydrogen (secondary N) is 2. The molecule has 0 aliphatic heterocycles. The number of allylic oxidation sites excluding steroid dienone is 2. The molecule has 0 saturated heterocycles. The lowest BCUT2D eigenvalue weighted by Crippen LogP contribution is -2.48. The lowest BCUT2D eigenvalue weighted by Gasteiger charge is -2.31. The van der Waals surface area contributed by atoms with Crippen molar-refractivity contribution < 1.29 is 8.42 Å². The van der Waals surface area contributed by atoms with E-state index in [4.69, 9.17) is 12.2 Å². The summed E-state index contributed by atoms with van der Waals surface area (Å²) in [5.41, 5.74) is 3.32. The van der Waals surface area contributed by atoms with E-state index in [0.29, 0.717) is 12.8 Å². The van der Waals surface area contributed by atoms with Crippen LogP contribution in [0.4, 0.5) is 0 Å². The number of aromatic nitrogens is 1. The van der Waals surface area contributed by atoms with Gasteiger partial charge in [-0.25, -0.2) is 13.1 Å². The number of aryl methyl sites for hydroxylation is 1. The third-order valence-electron chi connectivity index (χ3n) is 4.34. The summed E-state index contributed by atoms with van der Waals surface area (Å²) in [6, 6.07) is 12.0. The zero-order chi connectivity index (χ0) is 18.8. The van der Waals surface area contributed by atoms with E-state index in [1.54, 1.807) is 0 Å². The second-order valence-electron chi connectivity index (χ2n) is 6.79. The molecule has 0 spiro atoms. The summed E-state index contributed by atoms with van der Waals surface area (Å²) < 4.78 is 26.4. The number of hydrogen-bond donors (Lipinski definition) is 2. The number of benzene rings is 1. The van der Waals surface area contributed by atoms with Crippen molar-refractivity contribution in [2.24, 2.45) is 0 Å². The Hall–Kier alpha value is -2.02. The van der Waals surface area contributed by atoms with Gasteiger partial charge in [-0.05, 0) is 31.0 Å². The molecule has 1 aromatic heterocycles. The van der Waals surface area contributed by atoms with Gasteiger partial charge in [0.25, 0.3) is 0 Å². The van der Waals surface area contributed by atoms with Crippen molar-refractivity contribution >= 4 is 27.1 Å². The van der Waals surface area contributed by atoms with Crippen molar-refractivity contribution in [2.45, 2.75) is 25.3 Å². The minimum absolute atomic E-state index is 0.525. The molecule has 0 fully saturated rings. The number of H-pyrrole nitrogens is 1. The summed E-state index contributed by atoms with van der Waals surface area (Å²) in [7, 11) is -3.33. The topological polar surface area (TPSA) is 62.0 Å². The smallest absolute Gasteiger partial charge is 0.209 e. The normalized spacial score (nSPS) is 19.6. The highest BCUT2D eigenvalue weighted by atomic mass is 32.2. The largest absolute Gasteiger partial charge is 0.358 e. The summed E-state index contributed by atoms with van der Waals surface area (Å²) in [6.45, 7) is 2.04. The summed E-state index contributed by atoms with van der Waals surface area (Å²) in [4.78, 5) is 4.10. The summed E-state index contributed by atoms with van der Waals surface area (Å²) in [5.74, 6) is 0. The van der Waals surface area contributed by atoms with Gasteiger partial charge in [0.05, 0.1) is 22.4 Å². The van der Waals surface area contributed by atoms with Gasteiger partial charge in [-0.15, -0.1) is 0 Å². The predicted molar refractivity (Wildman–Crippen MR) is 110 cm³/mol. The number of aromatic amines is 1. The van der Waals surface area contributed by atoms with E-state index in [1.165, 1.54) is 11.8 Å². The average molecular weight is 387 g/mol. The van der Waals surface area contributed by atoms with E-state index in [1.807, 2.05) is 67.6 Å². The van der Waals surface area contributed by atoms with Crippen LogP contribution in [-0.4, -0.2) is 30.1 Å². The first-order valence-electron chi connectivity index (χ1n) is 8.39. The van der Waals surface area contributed by atoms with Crippen LogP contribution in [0.3, 0.4) is 0 Å². The highest BCUT2D eigenvalue weighted by molar-refractivity contribution is 7.88. The maximum absolute atomic E-state index is 11.8. The van der Waals surface area contributed by atoms with Gasteiger partial charge in [0.2, 0.25) is 10.0 Å². The number of thiocarbonyl (C=S) groups is 1. The second-order valence-corrected chi connectivity index (χ2v) is 8.95. The van der Waals surface area contributed by atoms with Gasteiger partial charge >= 0.3 is 0 Å². The van der Waals surface area contributed by atoms with E-state index in [9.17, 15) is 8.42 Å². The van der Waals surface area contributed by atoms with Crippen molar-refractivity contribution in [1.29, 1.82) is 0 Å². The third-order valence-corrected chi connectivity index (χ3v) is 5.58. The Morgan fingerprint density at radius 3 is 2.54 bits per heavy atom. The van der Waals surface area contributed by atoms with Crippen LogP contribution in [0, 0.1) is 6.92 Å². The zero-order valence-electron chi connectivity index (χ0n) is 14.8. The fourth-order valence-electron chi connectivity index (χ4n) is 3.15. The molecule has 3 rings (SSSR count). The first-order chi connectivity index (χ1) is 12.3. The molecule has 6 heteroatoms. The molecule has 26 heavy (non-hydrogen) atoms. The molecular weight excluding hydrogens is 364 g/mol. The van der Waals surface area contributed by atoms with Crippen LogP contribution in [0.2, 0.25) is 0 Å². The molecule has 1 aliphatic rings. The summed E-state index contributed by atoms with van der Waals surface area (Å²) in [6.07, 6.45) is 10.0. The molecule has 0 saturated carbocycles. The standard InChI is InChI=1S/C20H22N2O2S2/c1-15-6-8-16(9-7-15)19(25)18-11-10-17(21-18)14-20(22-26(2,23)24)12-4-3-5-13-20/h3-12,21-22H,13-14H2,1-2H3. The highest BCUT2D eigenvalue weighted by Gasteiger charge is 2.31. The van der Waals surface area contributed by atoms with Gasteiger partial charge in [-0.1, -0.05) is 66.4 Å². The molecule has 2 N–H and O–H groups in total. The Morgan fingerprint density at radius 2 is 1.92 bits per heavy atom. The van der Waals surface area contributed by atoms with Crippen LogP contribution in [0.5, 0.6) is 0 Å². The van der Waals surface area contributed by atoms with Gasteiger partial charge in [0.15, 0.2) is 0 Å². The van der Waals surface area contributed by atoms with E-state index in [2.05, 4.69) is 9.71 Å². The molecular formula is C20H22N2O2S2. The fourth-order valence-corrected chi connectivity index (χ4v) is 4.37. The maximum atomic E-state index is 11.8. The van der Waals surface area contributed by atoms with Gasteiger partial charge in [0, 0.05) is 12.1 Å². The fraction of sp³-hybridized carbons (Fsp3) is 0.250. The third kappa shape index (κ3) is 4.58. The quantitative estimate of drug-likeness (QED) is 0.591. The first kappa shape index (κ1) is 18.8. The number of rotatable bonds is 6. The van der Waals surface area contributed by atoms with Crippen molar-refractivity contribution in [3.8, 4) is 0 Å². The van der Waals surface area contributed by atoms with Crippen LogP contribution in [-0.2, 0) is 16.4 Å². The Morgan fingerprint density at radius 1 is 1.19 bits per heavy atom. The van der Waals surface area contributed by atoms with Crippen LogP contribution in [0.25, 0.3) is 0 Å². The van der Waals surface area contributed by atoms with E-state index in [0.717, 1.165) is 21.8 Å². The molecule has 1 heterocycles. The second kappa shape index (κ2) is 7.31. The van der Waals surface area contributed by atoms with Gasteiger partial charge in [-0.3, -0.25) is 0 Å². The van der Waals surface area contributed by atoms with Crippen LogP contribution < -0.4 is 4.72 Å². The average Bonchev–Trinajstić information content (AvgIpc) is 3.02. The van der Waals surface area contributed by atoms with E-state index >= 15 is 0 Å². The Labute approximate surface area is 160 Å². The minimum Gasteiger partial charge on any atom is -0.358 e. The SMILES string of the molecule is Cc1ccc(C(=S)c2ccc(CC3(NS(C)(=O)=O)C=CC=CC3)[nH]2)cc1. The van der Waals surface area contributed by atoms with Crippen LogP contribution >= 0.6 is 12.2 Å². The van der Waals surface area contributed by atoms with Crippen LogP contribution in [0.15, 0.2) is 60.7 Å². The molecule has 1 unspecified atom stereocenters. The zero-order valence-corrected chi connectivity index (χ0v) is 16.5. The first-order valence-corrected chi connectivity index (χ1v) is 10.7. The van der Waals surface area contributed by atoms with E-state index in [-0.39, 0.29) is 0 Å². The molecule has 0 amide bonds. The molecule has 0 radical (unpaired) electrons. The predicted octanol–water partition coefficient (Wildman–Crippen LogP) is 3.44.